The second-order valence-corrected chi connectivity index (χ2v) is 8.86. The summed E-state index contributed by atoms with van der Waals surface area (Å²) < 4.78 is 1.25. The summed E-state index contributed by atoms with van der Waals surface area (Å²) in [6.07, 6.45) is 9.17. The summed E-state index contributed by atoms with van der Waals surface area (Å²) in [5.74, 6) is 3.93. The normalized spacial score (nSPS) is 44.5. The van der Waals surface area contributed by atoms with E-state index in [0.717, 1.165) is 23.7 Å². The lowest BCUT2D eigenvalue weighted by molar-refractivity contribution is -0.0653. The van der Waals surface area contributed by atoms with Crippen molar-refractivity contribution < 1.29 is 0 Å². The molecule has 1 atom stereocenters. The molecule has 1 aromatic rings. The van der Waals surface area contributed by atoms with E-state index in [0.29, 0.717) is 5.41 Å². The molecule has 1 heterocycles. The molecule has 0 radical (unpaired) electrons. The molecular weight excluding hydrogens is 310 g/mol. The topological polar surface area (TPSA) is 12.0 Å². The van der Waals surface area contributed by atoms with E-state index in [2.05, 4.69) is 39.4 Å². The van der Waals surface area contributed by atoms with Crippen molar-refractivity contribution in [1.29, 1.82) is 0 Å². The smallest absolute Gasteiger partial charge is 0.0377 e. The lowest BCUT2D eigenvalue weighted by Crippen LogP contribution is -2.49. The SMILES string of the molecule is Brc1ccc2c(c1)C(C13CC4CC(CC(C4)C1)C3)CN2. The van der Waals surface area contributed by atoms with E-state index < -0.39 is 0 Å². The molecule has 1 N–H and O–H groups in total. The highest BCUT2D eigenvalue weighted by atomic mass is 79.9. The summed E-state index contributed by atoms with van der Waals surface area (Å²) in [5.41, 5.74) is 3.63. The van der Waals surface area contributed by atoms with Gasteiger partial charge < -0.3 is 5.32 Å². The summed E-state index contributed by atoms with van der Waals surface area (Å²) in [4.78, 5) is 0. The van der Waals surface area contributed by atoms with Crippen molar-refractivity contribution in [2.45, 2.75) is 44.4 Å². The van der Waals surface area contributed by atoms with E-state index in [1.807, 2.05) is 0 Å². The number of hydrogen-bond donors (Lipinski definition) is 1. The maximum Gasteiger partial charge on any atom is 0.0377 e. The van der Waals surface area contributed by atoms with Gasteiger partial charge in [0.05, 0.1) is 0 Å². The molecule has 1 aromatic carbocycles. The van der Waals surface area contributed by atoms with Crippen molar-refractivity contribution in [3.63, 3.8) is 0 Å². The average molecular weight is 332 g/mol. The van der Waals surface area contributed by atoms with E-state index in [-0.39, 0.29) is 0 Å². The van der Waals surface area contributed by atoms with Gasteiger partial charge >= 0.3 is 0 Å². The van der Waals surface area contributed by atoms with Crippen molar-refractivity contribution in [3.8, 4) is 0 Å². The highest BCUT2D eigenvalue weighted by Gasteiger charge is 2.55. The summed E-state index contributed by atoms with van der Waals surface area (Å²) in [6, 6.07) is 6.83. The third-order valence-corrected chi connectivity index (χ3v) is 7.20. The number of fused-ring (bicyclic) bond motifs is 1. The van der Waals surface area contributed by atoms with Crippen molar-refractivity contribution in [2.75, 3.05) is 11.9 Å². The van der Waals surface area contributed by atoms with Crippen molar-refractivity contribution in [1.82, 2.24) is 0 Å². The largest absolute Gasteiger partial charge is 0.384 e. The molecule has 4 saturated carbocycles. The average Bonchev–Trinajstić information content (AvgIpc) is 2.80. The Hall–Kier alpha value is -0.500. The molecule has 6 rings (SSSR count). The Morgan fingerprint density at radius 2 is 1.65 bits per heavy atom. The predicted molar refractivity (Wildman–Crippen MR) is 86.0 cm³/mol. The van der Waals surface area contributed by atoms with Crippen LogP contribution in [-0.4, -0.2) is 6.54 Å². The quantitative estimate of drug-likeness (QED) is 0.748. The van der Waals surface area contributed by atoms with Crippen LogP contribution in [-0.2, 0) is 0 Å². The van der Waals surface area contributed by atoms with Crippen LogP contribution in [0.5, 0.6) is 0 Å². The minimum Gasteiger partial charge on any atom is -0.384 e. The Morgan fingerprint density at radius 1 is 1.00 bits per heavy atom. The maximum atomic E-state index is 3.68. The van der Waals surface area contributed by atoms with Gasteiger partial charge in [0.25, 0.3) is 0 Å². The van der Waals surface area contributed by atoms with Crippen LogP contribution < -0.4 is 5.32 Å². The molecule has 20 heavy (non-hydrogen) atoms. The van der Waals surface area contributed by atoms with Crippen LogP contribution >= 0.6 is 15.9 Å². The zero-order valence-corrected chi connectivity index (χ0v) is 13.5. The summed E-state index contributed by atoms with van der Waals surface area (Å²) in [5, 5.41) is 3.68. The zero-order chi connectivity index (χ0) is 13.3. The van der Waals surface area contributed by atoms with E-state index >= 15 is 0 Å². The Morgan fingerprint density at radius 3 is 2.30 bits per heavy atom. The Labute approximate surface area is 129 Å². The van der Waals surface area contributed by atoms with Gasteiger partial charge in [0, 0.05) is 22.6 Å². The summed E-state index contributed by atoms with van der Waals surface area (Å²) in [7, 11) is 0. The lowest BCUT2D eigenvalue weighted by Gasteiger charge is -2.59. The van der Waals surface area contributed by atoms with Crippen molar-refractivity contribution in [3.05, 3.63) is 28.2 Å². The summed E-state index contributed by atoms with van der Waals surface area (Å²) in [6.45, 7) is 1.18. The third kappa shape index (κ3) is 1.60. The monoisotopic (exact) mass is 331 g/mol. The highest BCUT2D eigenvalue weighted by molar-refractivity contribution is 9.10. The van der Waals surface area contributed by atoms with Gasteiger partial charge in [-0.25, -0.2) is 0 Å². The Bertz CT molecular complexity index is 529. The molecule has 0 spiro atoms. The lowest BCUT2D eigenvalue weighted by atomic mass is 9.46. The van der Waals surface area contributed by atoms with E-state index in [9.17, 15) is 0 Å². The molecule has 4 bridgehead atoms. The maximum absolute atomic E-state index is 3.68. The Balaban J connectivity index is 1.57. The zero-order valence-electron chi connectivity index (χ0n) is 11.9. The second-order valence-electron chi connectivity index (χ2n) is 7.94. The van der Waals surface area contributed by atoms with E-state index in [4.69, 9.17) is 0 Å². The van der Waals surface area contributed by atoms with Gasteiger partial charge in [-0.15, -0.1) is 0 Å². The highest BCUT2D eigenvalue weighted by Crippen LogP contribution is 2.65. The number of nitrogens with one attached hydrogen (secondary N) is 1. The first-order valence-corrected chi connectivity index (χ1v) is 9.04. The fourth-order valence-electron chi connectivity index (χ4n) is 6.46. The van der Waals surface area contributed by atoms with Gasteiger partial charge in [0.2, 0.25) is 0 Å². The van der Waals surface area contributed by atoms with Gasteiger partial charge in [0.15, 0.2) is 0 Å². The first-order valence-electron chi connectivity index (χ1n) is 8.25. The van der Waals surface area contributed by atoms with Crippen LogP contribution in [0.25, 0.3) is 0 Å². The minimum absolute atomic E-state index is 0.633. The number of halogens is 1. The van der Waals surface area contributed by atoms with E-state index in [1.165, 1.54) is 36.0 Å². The van der Waals surface area contributed by atoms with Crippen LogP contribution in [0.1, 0.15) is 50.0 Å². The van der Waals surface area contributed by atoms with Crippen LogP contribution in [0.2, 0.25) is 0 Å². The molecule has 4 aliphatic carbocycles. The molecule has 1 aliphatic heterocycles. The second kappa shape index (κ2) is 4.03. The standard InChI is InChI=1S/C18H22BrN/c19-14-1-2-17-15(6-14)16(10-20-17)18-7-11-3-12(8-18)5-13(4-11)9-18/h1-2,6,11-13,16,20H,3-5,7-10H2. The molecule has 0 aromatic heterocycles. The number of rotatable bonds is 1. The van der Waals surface area contributed by atoms with Gasteiger partial charge in [-0.05, 0) is 85.5 Å². The van der Waals surface area contributed by atoms with Crippen molar-refractivity contribution in [2.24, 2.45) is 23.2 Å². The Kier molecular flexibility index (Phi) is 2.43. The third-order valence-electron chi connectivity index (χ3n) is 6.71. The van der Waals surface area contributed by atoms with Crippen LogP contribution in [0.4, 0.5) is 5.69 Å². The van der Waals surface area contributed by atoms with Crippen molar-refractivity contribution >= 4 is 21.6 Å². The molecule has 2 heteroatoms. The van der Waals surface area contributed by atoms with Crippen LogP contribution in [0.3, 0.4) is 0 Å². The van der Waals surface area contributed by atoms with Crippen LogP contribution in [0, 0.1) is 23.2 Å². The molecule has 0 amide bonds. The van der Waals surface area contributed by atoms with E-state index in [1.54, 1.807) is 24.8 Å². The van der Waals surface area contributed by atoms with Gasteiger partial charge in [-0.1, -0.05) is 15.9 Å². The molecule has 5 aliphatic rings. The first kappa shape index (κ1) is 12.1. The number of benzene rings is 1. The molecule has 4 fully saturated rings. The molecule has 0 saturated heterocycles. The molecular formula is C18H22BrN. The molecule has 1 unspecified atom stereocenters. The number of anilines is 1. The summed E-state index contributed by atoms with van der Waals surface area (Å²) >= 11 is 3.67. The molecule has 1 nitrogen and oxygen atoms in total. The van der Waals surface area contributed by atoms with Gasteiger partial charge in [-0.3, -0.25) is 0 Å². The molecule has 106 valence electrons. The first-order chi connectivity index (χ1) is 9.72. The predicted octanol–water partition coefficient (Wildman–Crippen LogP) is 5.17. The fourth-order valence-corrected chi connectivity index (χ4v) is 6.83. The van der Waals surface area contributed by atoms with Crippen LogP contribution in [0.15, 0.2) is 22.7 Å². The number of hydrogen-bond acceptors (Lipinski definition) is 1. The van der Waals surface area contributed by atoms with Gasteiger partial charge in [0.1, 0.15) is 0 Å². The fraction of sp³-hybridized carbons (Fsp3) is 0.667. The minimum atomic E-state index is 0.633. The van der Waals surface area contributed by atoms with Gasteiger partial charge in [-0.2, -0.15) is 0 Å².